The molecule has 3 nitrogen and oxygen atoms in total. The van der Waals surface area contributed by atoms with Crippen LogP contribution in [0.15, 0.2) is 18.2 Å². The number of hydrogen-bond donors (Lipinski definition) is 1. The molecule has 7 heteroatoms. The molecule has 19 heavy (non-hydrogen) atoms. The Morgan fingerprint density at radius 3 is 2.47 bits per heavy atom. The second-order valence-electron chi connectivity index (χ2n) is 4.07. The molecule has 0 fully saturated rings. The number of hydrogen-bond acceptors (Lipinski definition) is 2. The van der Waals surface area contributed by atoms with Crippen LogP contribution >= 0.6 is 0 Å². The fourth-order valence-electron chi connectivity index (χ4n) is 1.64. The van der Waals surface area contributed by atoms with Crippen LogP contribution < -0.4 is 5.73 Å². The Hall–Kier alpha value is -1.79. The minimum Gasteiger partial charge on any atom is -0.398 e. The van der Waals surface area contributed by atoms with Gasteiger partial charge in [-0.3, -0.25) is 4.79 Å². The number of nitrogens with two attached hydrogens (primary N) is 1. The zero-order valence-electron chi connectivity index (χ0n) is 10.3. The average Bonchev–Trinajstić information content (AvgIpc) is 2.26. The second kappa shape index (κ2) is 5.90. The fraction of sp³-hybridized carbons (Fsp3) is 0.417. The summed E-state index contributed by atoms with van der Waals surface area (Å²) in [6, 6.07) is 2.98. The van der Waals surface area contributed by atoms with Crippen molar-refractivity contribution in [3.63, 3.8) is 0 Å². The van der Waals surface area contributed by atoms with Gasteiger partial charge >= 0.3 is 6.18 Å². The molecule has 1 amide bonds. The van der Waals surface area contributed by atoms with Crippen LogP contribution in [0.5, 0.6) is 0 Å². The van der Waals surface area contributed by atoms with E-state index in [9.17, 15) is 22.4 Å². The van der Waals surface area contributed by atoms with Gasteiger partial charge in [0.1, 0.15) is 12.4 Å². The molecule has 0 saturated heterocycles. The van der Waals surface area contributed by atoms with Crippen molar-refractivity contribution >= 4 is 11.6 Å². The molecular weight excluding hydrogens is 264 g/mol. The molecule has 1 aromatic rings. The first-order valence-corrected chi connectivity index (χ1v) is 5.65. The highest BCUT2D eigenvalue weighted by Gasteiger charge is 2.33. The molecule has 0 spiro atoms. The van der Waals surface area contributed by atoms with Crippen molar-refractivity contribution in [1.29, 1.82) is 0 Å². The first kappa shape index (κ1) is 15.3. The molecule has 0 unspecified atom stereocenters. The number of nitrogen functional groups attached to an aromatic ring is 1. The maximum atomic E-state index is 12.8. The number of amides is 1. The standard InChI is InChI=1S/C12H14F4N2O/c1-2-5-18(7-12(14,15)16)11(19)9-4-3-8(13)6-10(9)17/h3-4,6H,2,5,7,17H2,1H3. The largest absolute Gasteiger partial charge is 0.406 e. The third-order valence-corrected chi connectivity index (χ3v) is 2.39. The summed E-state index contributed by atoms with van der Waals surface area (Å²) in [4.78, 5) is 12.6. The summed E-state index contributed by atoms with van der Waals surface area (Å²) in [7, 11) is 0. The van der Waals surface area contributed by atoms with Gasteiger partial charge in [0, 0.05) is 12.2 Å². The first-order chi connectivity index (χ1) is 8.74. The number of alkyl halides is 3. The van der Waals surface area contributed by atoms with Gasteiger partial charge < -0.3 is 10.6 Å². The quantitative estimate of drug-likeness (QED) is 0.680. The molecule has 0 aliphatic heterocycles. The van der Waals surface area contributed by atoms with Crippen molar-refractivity contribution in [3.8, 4) is 0 Å². The minimum absolute atomic E-state index is 0.0465. The molecule has 0 aliphatic rings. The first-order valence-electron chi connectivity index (χ1n) is 5.65. The summed E-state index contributed by atoms with van der Waals surface area (Å²) in [6.45, 7) is 0.260. The van der Waals surface area contributed by atoms with Gasteiger partial charge in [0.2, 0.25) is 0 Å². The fourth-order valence-corrected chi connectivity index (χ4v) is 1.64. The highest BCUT2D eigenvalue weighted by atomic mass is 19.4. The minimum atomic E-state index is -4.49. The number of halogens is 4. The number of benzene rings is 1. The van der Waals surface area contributed by atoms with Crippen LogP contribution in [0, 0.1) is 5.82 Å². The van der Waals surface area contributed by atoms with Crippen LogP contribution in [-0.2, 0) is 0 Å². The van der Waals surface area contributed by atoms with Gasteiger partial charge in [-0.25, -0.2) is 4.39 Å². The molecule has 0 saturated carbocycles. The van der Waals surface area contributed by atoms with Crippen molar-refractivity contribution in [2.24, 2.45) is 0 Å². The Morgan fingerprint density at radius 2 is 2.00 bits per heavy atom. The highest BCUT2D eigenvalue weighted by molar-refractivity contribution is 5.99. The molecule has 0 heterocycles. The number of anilines is 1. The zero-order chi connectivity index (χ0) is 14.6. The van der Waals surface area contributed by atoms with Gasteiger partial charge in [-0.05, 0) is 24.6 Å². The molecule has 1 aromatic carbocycles. The number of rotatable bonds is 4. The average molecular weight is 278 g/mol. The summed E-state index contributed by atoms with van der Waals surface area (Å²) < 4.78 is 50.0. The van der Waals surface area contributed by atoms with Crippen LogP contribution in [0.25, 0.3) is 0 Å². The van der Waals surface area contributed by atoms with Gasteiger partial charge in [0.05, 0.1) is 5.56 Å². The summed E-state index contributed by atoms with van der Waals surface area (Å²) in [5, 5.41) is 0. The van der Waals surface area contributed by atoms with Crippen LogP contribution in [-0.4, -0.2) is 30.1 Å². The Morgan fingerprint density at radius 1 is 1.37 bits per heavy atom. The maximum absolute atomic E-state index is 12.8. The molecular formula is C12H14F4N2O. The van der Waals surface area contributed by atoms with Gasteiger partial charge in [0.25, 0.3) is 5.91 Å². The summed E-state index contributed by atoms with van der Waals surface area (Å²) in [5.41, 5.74) is 5.15. The molecule has 0 aromatic heterocycles. The molecule has 106 valence electrons. The number of carbonyl (C=O) groups excluding carboxylic acids is 1. The van der Waals surface area contributed by atoms with Gasteiger partial charge in [-0.2, -0.15) is 13.2 Å². The second-order valence-corrected chi connectivity index (χ2v) is 4.07. The lowest BCUT2D eigenvalue weighted by Gasteiger charge is -2.24. The number of carbonyl (C=O) groups is 1. The smallest absolute Gasteiger partial charge is 0.398 e. The van der Waals surface area contributed by atoms with E-state index < -0.39 is 24.4 Å². The van der Waals surface area contributed by atoms with Crippen molar-refractivity contribution in [2.75, 3.05) is 18.8 Å². The highest BCUT2D eigenvalue weighted by Crippen LogP contribution is 2.21. The van der Waals surface area contributed by atoms with Crippen LogP contribution in [0.3, 0.4) is 0 Å². The normalized spacial score (nSPS) is 11.4. The maximum Gasteiger partial charge on any atom is 0.406 e. The van der Waals surface area contributed by atoms with Gasteiger partial charge in [0.15, 0.2) is 0 Å². The predicted molar refractivity (Wildman–Crippen MR) is 63.1 cm³/mol. The van der Waals surface area contributed by atoms with E-state index >= 15 is 0 Å². The SMILES string of the molecule is CCCN(CC(F)(F)F)C(=O)c1ccc(F)cc1N. The summed E-state index contributed by atoms with van der Waals surface area (Å²) in [6.07, 6.45) is -4.11. The van der Waals surface area contributed by atoms with Crippen molar-refractivity contribution in [2.45, 2.75) is 19.5 Å². The van der Waals surface area contributed by atoms with E-state index in [1.807, 2.05) is 0 Å². The Kier molecular flexibility index (Phi) is 4.74. The van der Waals surface area contributed by atoms with E-state index in [0.29, 0.717) is 11.3 Å². The summed E-state index contributed by atoms with van der Waals surface area (Å²) >= 11 is 0. The molecule has 1 rings (SSSR count). The van der Waals surface area contributed by atoms with E-state index in [1.165, 1.54) is 0 Å². The summed E-state index contributed by atoms with van der Waals surface area (Å²) in [5.74, 6) is -1.50. The molecule has 0 aliphatic carbocycles. The van der Waals surface area contributed by atoms with Crippen molar-refractivity contribution < 1.29 is 22.4 Å². The van der Waals surface area contributed by atoms with E-state index in [1.54, 1.807) is 6.92 Å². The lowest BCUT2D eigenvalue weighted by Crippen LogP contribution is -2.39. The van der Waals surface area contributed by atoms with Gasteiger partial charge in [-0.15, -0.1) is 0 Å². The van der Waals surface area contributed by atoms with Gasteiger partial charge in [-0.1, -0.05) is 6.92 Å². The van der Waals surface area contributed by atoms with E-state index in [-0.39, 0.29) is 17.8 Å². The van der Waals surface area contributed by atoms with E-state index in [2.05, 4.69) is 0 Å². The van der Waals surface area contributed by atoms with E-state index in [4.69, 9.17) is 5.73 Å². The topological polar surface area (TPSA) is 46.3 Å². The molecule has 2 N–H and O–H groups in total. The Balaban J connectivity index is 2.99. The Labute approximate surface area is 108 Å². The number of nitrogens with zero attached hydrogens (tertiary/aromatic N) is 1. The van der Waals surface area contributed by atoms with Crippen molar-refractivity contribution in [1.82, 2.24) is 4.90 Å². The molecule has 0 radical (unpaired) electrons. The van der Waals surface area contributed by atoms with E-state index in [0.717, 1.165) is 18.2 Å². The Bertz CT molecular complexity index is 460. The zero-order valence-corrected chi connectivity index (χ0v) is 10.3. The van der Waals surface area contributed by atoms with Crippen molar-refractivity contribution in [3.05, 3.63) is 29.6 Å². The molecule has 0 bridgehead atoms. The molecule has 0 atom stereocenters. The predicted octanol–water partition coefficient (Wildman–Crippen LogP) is 2.82. The third-order valence-electron chi connectivity index (χ3n) is 2.39. The lowest BCUT2D eigenvalue weighted by atomic mass is 10.1. The monoisotopic (exact) mass is 278 g/mol. The third kappa shape index (κ3) is 4.42. The van der Waals surface area contributed by atoms with Crippen LogP contribution in [0.4, 0.5) is 23.2 Å². The van der Waals surface area contributed by atoms with Crippen LogP contribution in [0.2, 0.25) is 0 Å². The lowest BCUT2D eigenvalue weighted by molar-refractivity contribution is -0.140. The van der Waals surface area contributed by atoms with Crippen LogP contribution in [0.1, 0.15) is 23.7 Å².